The van der Waals surface area contributed by atoms with Crippen molar-refractivity contribution in [2.75, 3.05) is 7.11 Å². The van der Waals surface area contributed by atoms with Crippen molar-refractivity contribution in [1.29, 1.82) is 0 Å². The Morgan fingerprint density at radius 2 is 2.14 bits per heavy atom. The minimum absolute atomic E-state index is 0.248. The summed E-state index contributed by atoms with van der Waals surface area (Å²) < 4.78 is 27.5. The predicted octanol–water partition coefficient (Wildman–Crippen LogP) is 2.16. The molecule has 0 unspecified atom stereocenters. The number of hydrogen-bond acceptors (Lipinski definition) is 6. The highest BCUT2D eigenvalue weighted by Gasteiger charge is 2.11. The standard InChI is InChI=1S/C14H13N3O3S2/c1-20-11-4-2-3-10(6-11)13-17-12-5-9(8-22(15,18)19)7-16-14(12)21-13/h2-7H,8H2,1H3,(H2,15,18,19). The van der Waals surface area contributed by atoms with Gasteiger partial charge in [0.05, 0.1) is 12.9 Å². The van der Waals surface area contributed by atoms with Gasteiger partial charge in [-0.1, -0.05) is 23.5 Å². The minimum atomic E-state index is -3.58. The zero-order valence-electron chi connectivity index (χ0n) is 11.7. The Balaban J connectivity index is 2.02. The molecule has 3 aromatic rings. The zero-order valence-corrected chi connectivity index (χ0v) is 13.3. The quantitative estimate of drug-likeness (QED) is 0.788. The number of rotatable bonds is 4. The van der Waals surface area contributed by atoms with Crippen molar-refractivity contribution in [3.05, 3.63) is 42.1 Å². The maximum Gasteiger partial charge on any atom is 0.213 e. The molecule has 0 aliphatic carbocycles. The van der Waals surface area contributed by atoms with Crippen molar-refractivity contribution < 1.29 is 13.2 Å². The van der Waals surface area contributed by atoms with Crippen LogP contribution in [0.5, 0.6) is 5.75 Å². The van der Waals surface area contributed by atoms with Gasteiger partial charge in [-0.2, -0.15) is 0 Å². The summed E-state index contributed by atoms with van der Waals surface area (Å²) in [5.41, 5.74) is 2.11. The average molecular weight is 335 g/mol. The molecule has 114 valence electrons. The first-order valence-corrected chi connectivity index (χ1v) is 8.88. The van der Waals surface area contributed by atoms with E-state index in [9.17, 15) is 8.42 Å². The molecule has 0 atom stereocenters. The Labute approximate surface area is 131 Å². The highest BCUT2D eigenvalue weighted by atomic mass is 32.2. The molecule has 0 fully saturated rings. The number of aromatic nitrogens is 2. The van der Waals surface area contributed by atoms with E-state index in [-0.39, 0.29) is 5.75 Å². The molecular weight excluding hydrogens is 322 g/mol. The Kier molecular flexibility index (Phi) is 3.81. The number of nitrogens with zero attached hydrogens (tertiary/aromatic N) is 2. The second-order valence-electron chi connectivity index (χ2n) is 4.73. The van der Waals surface area contributed by atoms with E-state index in [0.29, 0.717) is 11.1 Å². The van der Waals surface area contributed by atoms with E-state index in [1.54, 1.807) is 13.2 Å². The number of methoxy groups -OCH3 is 1. The summed E-state index contributed by atoms with van der Waals surface area (Å²) >= 11 is 1.44. The lowest BCUT2D eigenvalue weighted by Crippen LogP contribution is -2.14. The van der Waals surface area contributed by atoms with Crippen LogP contribution in [0.15, 0.2) is 36.5 Å². The summed E-state index contributed by atoms with van der Waals surface area (Å²) in [4.78, 5) is 9.52. The van der Waals surface area contributed by atoms with Gasteiger partial charge in [-0.25, -0.2) is 23.5 Å². The van der Waals surface area contributed by atoms with Gasteiger partial charge in [0.25, 0.3) is 0 Å². The average Bonchev–Trinajstić information content (AvgIpc) is 2.89. The predicted molar refractivity (Wildman–Crippen MR) is 86.2 cm³/mol. The molecule has 0 saturated heterocycles. The fourth-order valence-electron chi connectivity index (χ4n) is 2.06. The Morgan fingerprint density at radius 1 is 1.32 bits per heavy atom. The van der Waals surface area contributed by atoms with Crippen LogP contribution in [-0.2, 0) is 15.8 Å². The molecule has 22 heavy (non-hydrogen) atoms. The zero-order chi connectivity index (χ0) is 15.7. The number of nitrogens with two attached hydrogens (primary N) is 1. The van der Waals surface area contributed by atoms with Gasteiger partial charge in [-0.15, -0.1) is 0 Å². The first-order valence-electron chi connectivity index (χ1n) is 6.35. The molecule has 0 aliphatic rings. The summed E-state index contributed by atoms with van der Waals surface area (Å²) in [6.45, 7) is 0. The largest absolute Gasteiger partial charge is 0.497 e. The maximum atomic E-state index is 11.2. The molecular formula is C14H13N3O3S2. The lowest BCUT2D eigenvalue weighted by molar-refractivity contribution is 0.415. The van der Waals surface area contributed by atoms with Gasteiger partial charge in [0.2, 0.25) is 10.0 Å². The molecule has 0 saturated carbocycles. The Hall–Kier alpha value is -2.03. The highest BCUT2D eigenvalue weighted by Crippen LogP contribution is 2.31. The fourth-order valence-corrected chi connectivity index (χ4v) is 3.56. The number of benzene rings is 1. The third-order valence-electron chi connectivity index (χ3n) is 2.99. The number of ether oxygens (including phenoxy) is 1. The molecule has 8 heteroatoms. The van der Waals surface area contributed by atoms with E-state index in [1.165, 1.54) is 17.5 Å². The number of pyridine rings is 1. The Morgan fingerprint density at radius 3 is 2.86 bits per heavy atom. The van der Waals surface area contributed by atoms with Crippen LogP contribution in [0, 0.1) is 0 Å². The van der Waals surface area contributed by atoms with Crippen molar-refractivity contribution in [2.24, 2.45) is 5.14 Å². The molecule has 2 N–H and O–H groups in total. The van der Waals surface area contributed by atoms with Crippen LogP contribution in [0.4, 0.5) is 0 Å². The lowest BCUT2D eigenvalue weighted by atomic mass is 10.2. The van der Waals surface area contributed by atoms with E-state index in [4.69, 9.17) is 9.88 Å². The second-order valence-corrected chi connectivity index (χ2v) is 7.32. The monoisotopic (exact) mass is 335 g/mol. The van der Waals surface area contributed by atoms with Crippen LogP contribution in [-0.4, -0.2) is 25.5 Å². The summed E-state index contributed by atoms with van der Waals surface area (Å²) in [5, 5.41) is 5.85. The number of hydrogen-bond donors (Lipinski definition) is 1. The van der Waals surface area contributed by atoms with Crippen LogP contribution in [0.3, 0.4) is 0 Å². The number of sulfonamides is 1. The first kappa shape index (κ1) is 14.9. The van der Waals surface area contributed by atoms with Crippen molar-refractivity contribution in [1.82, 2.24) is 9.97 Å². The van der Waals surface area contributed by atoms with Crippen LogP contribution in [0.2, 0.25) is 0 Å². The van der Waals surface area contributed by atoms with E-state index >= 15 is 0 Å². The highest BCUT2D eigenvalue weighted by molar-refractivity contribution is 7.88. The molecule has 3 rings (SSSR count). The summed E-state index contributed by atoms with van der Waals surface area (Å²) in [7, 11) is -1.97. The van der Waals surface area contributed by atoms with Crippen LogP contribution >= 0.6 is 11.3 Å². The molecule has 0 bridgehead atoms. The van der Waals surface area contributed by atoms with Crippen LogP contribution < -0.4 is 9.88 Å². The molecule has 1 aromatic carbocycles. The summed E-state index contributed by atoms with van der Waals surface area (Å²) in [6, 6.07) is 9.28. The molecule has 2 aromatic heterocycles. The van der Waals surface area contributed by atoms with Gasteiger partial charge >= 0.3 is 0 Å². The number of primary sulfonamides is 1. The summed E-state index contributed by atoms with van der Waals surface area (Å²) in [6.07, 6.45) is 1.51. The molecule has 0 aliphatic heterocycles. The molecule has 0 spiro atoms. The second kappa shape index (κ2) is 5.64. The maximum absolute atomic E-state index is 11.2. The van der Waals surface area contributed by atoms with Gasteiger partial charge in [0.15, 0.2) is 0 Å². The van der Waals surface area contributed by atoms with Crippen molar-refractivity contribution in [3.8, 4) is 16.3 Å². The lowest BCUT2D eigenvalue weighted by Gasteiger charge is -2.00. The van der Waals surface area contributed by atoms with Crippen molar-refractivity contribution >= 4 is 31.7 Å². The molecule has 2 heterocycles. The normalized spacial score (nSPS) is 11.7. The molecule has 6 nitrogen and oxygen atoms in total. The van der Waals surface area contributed by atoms with Gasteiger partial charge < -0.3 is 4.74 Å². The van der Waals surface area contributed by atoms with E-state index in [1.807, 2.05) is 24.3 Å². The third kappa shape index (κ3) is 3.24. The molecule has 0 amide bonds. The first-order chi connectivity index (χ1) is 10.4. The van der Waals surface area contributed by atoms with Gasteiger partial charge in [-0.3, -0.25) is 0 Å². The van der Waals surface area contributed by atoms with Gasteiger partial charge in [0.1, 0.15) is 21.1 Å². The van der Waals surface area contributed by atoms with E-state index < -0.39 is 10.0 Å². The third-order valence-corrected chi connectivity index (χ3v) is 4.75. The smallest absolute Gasteiger partial charge is 0.213 e. The Bertz CT molecular complexity index is 935. The summed E-state index contributed by atoms with van der Waals surface area (Å²) in [5.74, 6) is 0.502. The van der Waals surface area contributed by atoms with Crippen LogP contribution in [0.25, 0.3) is 20.9 Å². The number of fused-ring (bicyclic) bond motifs is 1. The van der Waals surface area contributed by atoms with Crippen molar-refractivity contribution in [2.45, 2.75) is 5.75 Å². The minimum Gasteiger partial charge on any atom is -0.497 e. The van der Waals surface area contributed by atoms with Gasteiger partial charge in [0, 0.05) is 11.8 Å². The van der Waals surface area contributed by atoms with E-state index in [0.717, 1.165) is 21.2 Å². The van der Waals surface area contributed by atoms with Crippen molar-refractivity contribution in [3.63, 3.8) is 0 Å². The fraction of sp³-hybridized carbons (Fsp3) is 0.143. The number of thiazole rings is 1. The van der Waals surface area contributed by atoms with Gasteiger partial charge in [-0.05, 0) is 23.8 Å². The topological polar surface area (TPSA) is 95.2 Å². The van der Waals surface area contributed by atoms with Crippen LogP contribution in [0.1, 0.15) is 5.56 Å². The molecule has 0 radical (unpaired) electrons. The SMILES string of the molecule is COc1cccc(-c2nc3cc(CS(N)(=O)=O)cnc3s2)c1. The van der Waals surface area contributed by atoms with E-state index in [2.05, 4.69) is 9.97 Å².